The third-order valence-electron chi connectivity index (χ3n) is 0.906. The summed E-state index contributed by atoms with van der Waals surface area (Å²) in [7, 11) is 0. The molecule has 0 saturated heterocycles. The average molecular weight is 264 g/mol. The second-order valence-electron chi connectivity index (χ2n) is 1.58. The van der Waals surface area contributed by atoms with Gasteiger partial charge in [0.25, 0.3) is 0 Å². The van der Waals surface area contributed by atoms with Gasteiger partial charge in [0, 0.05) is 23.6 Å². The molecule has 11 heteroatoms. The topological polar surface area (TPSA) is 108 Å². The molecule has 3 N–H and O–H groups in total. The Hall–Kier alpha value is 0.950. The molecule has 0 aliphatic heterocycles. The molecule has 0 radical (unpaired) electrons. The zero-order chi connectivity index (χ0) is 8.59. The van der Waals surface area contributed by atoms with Crippen LogP contribution in [0.15, 0.2) is 14.4 Å². The fraction of sp³-hybridized carbons (Fsp3) is 0. The quantitative estimate of drug-likeness (QED) is 0.493. The molecule has 1 aromatic heterocycles. The van der Waals surface area contributed by atoms with Crippen molar-refractivity contribution in [3.8, 4) is 0 Å². The van der Waals surface area contributed by atoms with Crippen molar-refractivity contribution in [2.75, 3.05) is 0 Å². The van der Waals surface area contributed by atoms with Crippen LogP contribution in [0.4, 0.5) is 0 Å². The zero-order valence-corrected chi connectivity index (χ0v) is 6.89. The Morgan fingerprint density at radius 1 is 0.929 bits per heavy atom. The number of aromatic amines is 1. The first-order valence-corrected chi connectivity index (χ1v) is 3.02. The summed E-state index contributed by atoms with van der Waals surface area (Å²) in [5.41, 5.74) is -3.13. The fourth-order valence-electron chi connectivity index (χ4n) is 0.440. The van der Waals surface area contributed by atoms with Gasteiger partial charge in [-0.15, -0.1) is 8.17 Å². The molecule has 0 spiro atoms. The molecule has 72 valence electrons. The van der Waals surface area contributed by atoms with Crippen molar-refractivity contribution in [2.24, 2.45) is 0 Å². The first kappa shape index (κ1) is 20.4. The number of nitrogens with one attached hydrogen (secondary N) is 1. The molecule has 0 unspecified atom stereocenters. The van der Waals surface area contributed by atoms with E-state index < -0.39 is 17.1 Å². The van der Waals surface area contributed by atoms with E-state index in [9.17, 15) is 14.4 Å². The van der Waals surface area contributed by atoms with Gasteiger partial charge in [-0.05, 0) is 0 Å². The van der Waals surface area contributed by atoms with Gasteiger partial charge in [0.2, 0.25) is 0 Å². The third kappa shape index (κ3) is 4.21. The summed E-state index contributed by atoms with van der Waals surface area (Å²) in [5, 5.41) is 0. The van der Waals surface area contributed by atoms with Crippen LogP contribution in [0.25, 0.3) is 0 Å². The van der Waals surface area contributed by atoms with Crippen molar-refractivity contribution in [1.82, 2.24) is 13.2 Å². The molecule has 0 aliphatic carbocycles. The second kappa shape index (κ2) is 8.14. The minimum atomic E-state index is -1.10. The summed E-state index contributed by atoms with van der Waals surface area (Å²) in [6.07, 6.45) is 0. The van der Waals surface area contributed by atoms with E-state index in [1.807, 2.05) is 0 Å². The number of halogens is 2. The number of rotatable bonds is 0. The Morgan fingerprint density at radius 2 is 1.21 bits per heavy atom. The normalized spacial score (nSPS) is 7.86. The number of aromatic nitrogens is 3. The van der Waals surface area contributed by atoms with Crippen LogP contribution in [-0.4, -0.2) is 77.7 Å². The van der Waals surface area contributed by atoms with Gasteiger partial charge in [0.05, 0.1) is 0 Å². The van der Waals surface area contributed by atoms with E-state index in [-0.39, 0.29) is 72.8 Å². The third-order valence-corrected chi connectivity index (χ3v) is 1.50. The van der Waals surface area contributed by atoms with E-state index in [0.29, 0.717) is 0 Å². The van der Waals surface area contributed by atoms with E-state index in [0.717, 1.165) is 0 Å². The van der Waals surface area contributed by atoms with Gasteiger partial charge in [-0.2, -0.15) is 0 Å². The van der Waals surface area contributed by atoms with Gasteiger partial charge >= 0.3 is 76.2 Å². The van der Waals surface area contributed by atoms with Crippen molar-refractivity contribution in [3.63, 3.8) is 0 Å². The Labute approximate surface area is 131 Å². The van der Waals surface area contributed by atoms with Gasteiger partial charge in [-0.1, -0.05) is 0 Å². The predicted molar refractivity (Wildman–Crippen MR) is 56.0 cm³/mol. The maximum absolute atomic E-state index is 10.7. The van der Waals surface area contributed by atoms with Gasteiger partial charge < -0.3 is 5.48 Å². The summed E-state index contributed by atoms with van der Waals surface area (Å²) in [6, 6.07) is 0. The fourth-order valence-corrected chi connectivity index (χ4v) is 0.715. The molecule has 1 aromatic rings. The Kier molecular flexibility index (Phi) is 11.8. The zero-order valence-electron chi connectivity index (χ0n) is 5.38. The summed E-state index contributed by atoms with van der Waals surface area (Å²) in [4.78, 5) is 33.4. The van der Waals surface area contributed by atoms with Crippen LogP contribution in [0.3, 0.4) is 0 Å². The van der Waals surface area contributed by atoms with Crippen LogP contribution < -0.4 is 17.1 Å². The standard InChI is InChI=1S/C3HCl2N3O3.2Na.H2O.2H/c4-7-1(9)6-2(10)8(5)3(7)11;;;;;/h(H,6,9,10);;;1H2;;. The Balaban J connectivity index is -0.000000403. The number of nitrogens with zero attached hydrogens (tertiary/aromatic N) is 2. The molecule has 0 aromatic carbocycles. The van der Waals surface area contributed by atoms with Gasteiger partial charge in [0.15, 0.2) is 0 Å². The van der Waals surface area contributed by atoms with Crippen molar-refractivity contribution < 1.29 is 5.48 Å². The van der Waals surface area contributed by atoms with E-state index in [2.05, 4.69) is 0 Å². The van der Waals surface area contributed by atoms with Crippen molar-refractivity contribution in [3.05, 3.63) is 31.5 Å². The van der Waals surface area contributed by atoms with Crippen molar-refractivity contribution >= 4 is 82.7 Å². The van der Waals surface area contributed by atoms with Crippen LogP contribution in [0.5, 0.6) is 0 Å². The van der Waals surface area contributed by atoms with E-state index in [1.165, 1.54) is 0 Å². The molecule has 1 heterocycles. The number of H-pyrrole nitrogens is 1. The average Bonchev–Trinajstić information content (AvgIpc) is 1.97. The van der Waals surface area contributed by atoms with Gasteiger partial charge in [-0.25, -0.2) is 14.4 Å². The Morgan fingerprint density at radius 3 is 1.50 bits per heavy atom. The molecule has 0 atom stereocenters. The van der Waals surface area contributed by atoms with Crippen LogP contribution in [0.2, 0.25) is 0 Å². The molecule has 0 amide bonds. The minimum absolute atomic E-state index is 0. The SMILES string of the molecule is O.O=c1[nH]c(=O)n(Cl)c(=O)n1Cl.[NaH].[NaH]. The van der Waals surface area contributed by atoms with Crippen LogP contribution >= 0.6 is 23.6 Å². The van der Waals surface area contributed by atoms with Gasteiger partial charge in [-0.3, -0.25) is 4.98 Å². The second-order valence-corrected chi connectivity index (χ2v) is 2.26. The first-order valence-electron chi connectivity index (χ1n) is 2.34. The summed E-state index contributed by atoms with van der Waals surface area (Å²) < 4.78 is 0.322. The molecular weight excluding hydrogens is 259 g/mol. The first-order chi connectivity index (χ1) is 5.04. The molecule has 0 saturated carbocycles. The maximum atomic E-state index is 10.7. The number of hydrogen-bond acceptors (Lipinski definition) is 3. The van der Waals surface area contributed by atoms with E-state index >= 15 is 0 Å². The number of hydrogen-bond donors (Lipinski definition) is 1. The van der Waals surface area contributed by atoms with Crippen LogP contribution in [-0.2, 0) is 0 Å². The summed E-state index contributed by atoms with van der Waals surface area (Å²) in [6.45, 7) is 0. The van der Waals surface area contributed by atoms with E-state index in [4.69, 9.17) is 23.6 Å². The molecule has 14 heavy (non-hydrogen) atoms. The Bertz CT molecular complexity index is 413. The summed E-state index contributed by atoms with van der Waals surface area (Å²) >= 11 is 10.1. The molecular formula is C3H5Cl2N3Na2O4. The monoisotopic (exact) mass is 263 g/mol. The summed E-state index contributed by atoms with van der Waals surface area (Å²) in [5.74, 6) is 0. The molecule has 0 fully saturated rings. The molecule has 1 rings (SSSR count). The van der Waals surface area contributed by atoms with Crippen LogP contribution in [0.1, 0.15) is 0 Å². The predicted octanol–water partition coefficient (Wildman–Crippen LogP) is -3.42. The molecule has 0 aliphatic rings. The van der Waals surface area contributed by atoms with E-state index in [1.54, 1.807) is 4.98 Å². The van der Waals surface area contributed by atoms with Crippen molar-refractivity contribution in [1.29, 1.82) is 0 Å². The van der Waals surface area contributed by atoms with Crippen molar-refractivity contribution in [2.45, 2.75) is 0 Å². The molecule has 0 bridgehead atoms. The molecule has 7 nitrogen and oxygen atoms in total. The van der Waals surface area contributed by atoms with Crippen LogP contribution in [0, 0.1) is 0 Å². The van der Waals surface area contributed by atoms with Gasteiger partial charge in [0.1, 0.15) is 0 Å².